The fourth-order valence-electron chi connectivity index (χ4n) is 3.21. The Morgan fingerprint density at radius 1 is 0.943 bits per heavy atom. The van der Waals surface area contributed by atoms with Gasteiger partial charge < -0.3 is 14.8 Å². The highest BCUT2D eigenvalue weighted by Gasteiger charge is 2.27. The molecule has 9 heteroatoms. The zero-order chi connectivity index (χ0) is 25.3. The van der Waals surface area contributed by atoms with Crippen molar-refractivity contribution >= 4 is 33.3 Å². The van der Waals surface area contributed by atoms with E-state index in [2.05, 4.69) is 5.32 Å². The Bertz CT molecular complexity index is 1240. The molecule has 1 N–H and O–H groups in total. The van der Waals surface area contributed by atoms with Crippen LogP contribution in [0, 0.1) is 0 Å². The van der Waals surface area contributed by atoms with E-state index in [0.717, 1.165) is 17.1 Å². The number of rotatable bonds is 11. The van der Waals surface area contributed by atoms with Crippen LogP contribution in [0.4, 0.5) is 11.4 Å². The molecular formula is C26H28N2O6S. The first-order valence-electron chi connectivity index (χ1n) is 11.1. The van der Waals surface area contributed by atoms with Gasteiger partial charge in [-0.25, -0.2) is 13.2 Å². The fraction of sp³-hybridized carbons (Fsp3) is 0.231. The van der Waals surface area contributed by atoms with Gasteiger partial charge in [0.05, 0.1) is 29.9 Å². The summed E-state index contributed by atoms with van der Waals surface area (Å²) in [7, 11) is -2.56. The molecule has 0 fully saturated rings. The summed E-state index contributed by atoms with van der Waals surface area (Å²) in [5, 5.41) is 2.68. The van der Waals surface area contributed by atoms with Crippen LogP contribution in [0.2, 0.25) is 0 Å². The lowest BCUT2D eigenvalue weighted by atomic mass is 10.2. The van der Waals surface area contributed by atoms with Crippen LogP contribution >= 0.6 is 0 Å². The number of esters is 1. The van der Waals surface area contributed by atoms with Crippen molar-refractivity contribution in [2.45, 2.75) is 24.7 Å². The molecule has 0 saturated carbocycles. The molecule has 8 nitrogen and oxygen atoms in total. The molecule has 35 heavy (non-hydrogen) atoms. The Hall–Kier alpha value is -3.85. The molecule has 0 spiro atoms. The van der Waals surface area contributed by atoms with Gasteiger partial charge in [-0.1, -0.05) is 37.6 Å². The Morgan fingerprint density at radius 2 is 1.66 bits per heavy atom. The summed E-state index contributed by atoms with van der Waals surface area (Å²) in [6, 6.07) is 20.6. The molecule has 0 aliphatic heterocycles. The van der Waals surface area contributed by atoms with Crippen molar-refractivity contribution in [3.8, 4) is 5.75 Å². The predicted molar refractivity (Wildman–Crippen MR) is 134 cm³/mol. The first-order valence-corrected chi connectivity index (χ1v) is 12.6. The van der Waals surface area contributed by atoms with Crippen LogP contribution in [-0.2, 0) is 19.6 Å². The maximum atomic E-state index is 13.4. The predicted octanol–water partition coefficient (Wildman–Crippen LogP) is 4.49. The summed E-state index contributed by atoms with van der Waals surface area (Å²) in [4.78, 5) is 25.0. The third kappa shape index (κ3) is 6.83. The highest BCUT2D eigenvalue weighted by atomic mass is 32.2. The van der Waals surface area contributed by atoms with Gasteiger partial charge in [-0.3, -0.25) is 9.10 Å². The number of anilines is 2. The maximum absolute atomic E-state index is 13.4. The lowest BCUT2D eigenvalue weighted by molar-refractivity contribution is -0.114. The van der Waals surface area contributed by atoms with Crippen LogP contribution < -0.4 is 14.4 Å². The van der Waals surface area contributed by atoms with Crippen molar-refractivity contribution in [1.82, 2.24) is 0 Å². The quantitative estimate of drug-likeness (QED) is 0.310. The second kappa shape index (κ2) is 12.0. The van der Waals surface area contributed by atoms with Crippen LogP contribution in [0.1, 0.15) is 30.1 Å². The number of benzene rings is 3. The number of hydrogen-bond acceptors (Lipinski definition) is 6. The van der Waals surface area contributed by atoms with Crippen LogP contribution in [0.5, 0.6) is 5.75 Å². The minimum atomic E-state index is -4.04. The number of sulfonamides is 1. The van der Waals surface area contributed by atoms with Crippen LogP contribution in [0.25, 0.3) is 0 Å². The van der Waals surface area contributed by atoms with Gasteiger partial charge in [-0.2, -0.15) is 0 Å². The van der Waals surface area contributed by atoms with Crippen molar-refractivity contribution in [1.29, 1.82) is 0 Å². The van der Waals surface area contributed by atoms with E-state index in [-0.39, 0.29) is 10.6 Å². The topological polar surface area (TPSA) is 102 Å². The standard InChI is InChI=1S/C26H28N2O6S/c1-3-4-17-34-26(30)20-13-15-21(16-14-20)27-25(29)19-28(22-9-8-10-23(18-22)33-2)35(31,32)24-11-6-5-7-12-24/h5-16,18H,3-4,17,19H2,1-2H3,(H,27,29). The first kappa shape index (κ1) is 25.8. The number of unbranched alkanes of at least 4 members (excludes halogenated alkanes) is 1. The number of nitrogens with zero attached hydrogens (tertiary/aromatic N) is 1. The Kier molecular flexibility index (Phi) is 8.86. The molecule has 0 bridgehead atoms. The average molecular weight is 497 g/mol. The molecule has 0 aliphatic carbocycles. The number of hydrogen-bond donors (Lipinski definition) is 1. The lowest BCUT2D eigenvalue weighted by Gasteiger charge is -2.24. The summed E-state index contributed by atoms with van der Waals surface area (Å²) < 4.78 is 38.2. The Balaban J connectivity index is 1.79. The van der Waals surface area contributed by atoms with Gasteiger partial charge in [0.15, 0.2) is 0 Å². The van der Waals surface area contributed by atoms with Crippen LogP contribution in [0.15, 0.2) is 83.8 Å². The molecule has 3 aromatic carbocycles. The van der Waals surface area contributed by atoms with E-state index in [1.54, 1.807) is 66.7 Å². The van der Waals surface area contributed by atoms with E-state index < -0.39 is 28.4 Å². The second-order valence-corrected chi connectivity index (χ2v) is 9.50. The number of amides is 1. The zero-order valence-corrected chi connectivity index (χ0v) is 20.5. The Morgan fingerprint density at radius 3 is 2.31 bits per heavy atom. The van der Waals surface area contributed by atoms with Gasteiger partial charge in [-0.05, 0) is 55.0 Å². The molecule has 0 aliphatic rings. The molecule has 1 amide bonds. The van der Waals surface area contributed by atoms with Gasteiger partial charge in [-0.15, -0.1) is 0 Å². The van der Waals surface area contributed by atoms with Crippen LogP contribution in [-0.4, -0.2) is 40.6 Å². The molecule has 0 unspecified atom stereocenters. The number of nitrogens with one attached hydrogen (secondary N) is 1. The molecule has 0 atom stereocenters. The first-order chi connectivity index (χ1) is 16.8. The minimum absolute atomic E-state index is 0.0570. The fourth-order valence-corrected chi connectivity index (χ4v) is 4.65. The van der Waals surface area contributed by atoms with E-state index in [9.17, 15) is 18.0 Å². The monoisotopic (exact) mass is 496 g/mol. The Labute approximate surface area is 205 Å². The number of carbonyl (C=O) groups excluding carboxylic acids is 2. The third-order valence-electron chi connectivity index (χ3n) is 5.10. The van der Waals surface area contributed by atoms with E-state index in [4.69, 9.17) is 9.47 Å². The van der Waals surface area contributed by atoms with E-state index in [1.165, 1.54) is 19.2 Å². The molecule has 0 saturated heterocycles. The van der Waals surface area contributed by atoms with Crippen LogP contribution in [0.3, 0.4) is 0 Å². The van der Waals surface area contributed by atoms with Crippen molar-refractivity contribution in [2.75, 3.05) is 29.9 Å². The van der Waals surface area contributed by atoms with Crippen molar-refractivity contribution in [2.24, 2.45) is 0 Å². The minimum Gasteiger partial charge on any atom is -0.497 e. The van der Waals surface area contributed by atoms with E-state index in [1.807, 2.05) is 6.92 Å². The van der Waals surface area contributed by atoms with Crippen molar-refractivity contribution in [3.63, 3.8) is 0 Å². The van der Waals surface area contributed by atoms with E-state index in [0.29, 0.717) is 23.6 Å². The van der Waals surface area contributed by atoms with Crippen molar-refractivity contribution < 1.29 is 27.5 Å². The smallest absolute Gasteiger partial charge is 0.338 e. The molecule has 3 rings (SSSR count). The third-order valence-corrected chi connectivity index (χ3v) is 6.88. The molecular weight excluding hydrogens is 468 g/mol. The molecule has 3 aromatic rings. The molecule has 0 heterocycles. The molecule has 184 valence electrons. The SMILES string of the molecule is CCCCOC(=O)c1ccc(NC(=O)CN(c2cccc(OC)c2)S(=O)(=O)c2ccccc2)cc1. The van der Waals surface area contributed by atoms with Gasteiger partial charge in [0, 0.05) is 11.8 Å². The summed E-state index contributed by atoms with van der Waals surface area (Å²) in [5.41, 5.74) is 1.07. The molecule has 0 radical (unpaired) electrons. The summed E-state index contributed by atoms with van der Waals surface area (Å²) in [6.07, 6.45) is 1.71. The highest BCUT2D eigenvalue weighted by Crippen LogP contribution is 2.27. The van der Waals surface area contributed by atoms with E-state index >= 15 is 0 Å². The number of ether oxygens (including phenoxy) is 2. The normalized spacial score (nSPS) is 10.9. The number of methoxy groups -OCH3 is 1. The van der Waals surface area contributed by atoms with Gasteiger partial charge >= 0.3 is 5.97 Å². The summed E-state index contributed by atoms with van der Waals surface area (Å²) in [5.74, 6) is -0.530. The lowest BCUT2D eigenvalue weighted by Crippen LogP contribution is -2.38. The van der Waals surface area contributed by atoms with Crippen molar-refractivity contribution in [3.05, 3.63) is 84.4 Å². The second-order valence-electron chi connectivity index (χ2n) is 7.64. The summed E-state index contributed by atoms with van der Waals surface area (Å²) >= 11 is 0. The maximum Gasteiger partial charge on any atom is 0.338 e. The number of carbonyl (C=O) groups is 2. The zero-order valence-electron chi connectivity index (χ0n) is 19.6. The van der Waals surface area contributed by atoms with Gasteiger partial charge in [0.25, 0.3) is 10.0 Å². The average Bonchev–Trinajstić information content (AvgIpc) is 2.88. The van der Waals surface area contributed by atoms with Gasteiger partial charge in [0.1, 0.15) is 12.3 Å². The largest absolute Gasteiger partial charge is 0.497 e. The van der Waals surface area contributed by atoms with Gasteiger partial charge in [0.2, 0.25) is 5.91 Å². The highest BCUT2D eigenvalue weighted by molar-refractivity contribution is 7.92. The summed E-state index contributed by atoms with van der Waals surface area (Å²) in [6.45, 7) is 1.89. The molecule has 0 aromatic heterocycles.